The Kier molecular flexibility index (Phi) is 7.32. The molecule has 0 spiro atoms. The molecule has 0 unspecified atom stereocenters. The van der Waals surface area contributed by atoms with Crippen molar-refractivity contribution in [1.29, 1.82) is 0 Å². The average molecular weight is 315 g/mol. The molecule has 18 heavy (non-hydrogen) atoms. The van der Waals surface area contributed by atoms with E-state index in [2.05, 4.69) is 58.2 Å². The van der Waals surface area contributed by atoms with Crippen molar-refractivity contribution in [2.45, 2.75) is 26.8 Å². The Morgan fingerprint density at radius 2 is 2.06 bits per heavy atom. The first-order valence-corrected chi connectivity index (χ1v) is 7.37. The third kappa shape index (κ3) is 4.59. The van der Waals surface area contributed by atoms with Crippen LogP contribution in [0.2, 0.25) is 0 Å². The lowest BCUT2D eigenvalue weighted by Gasteiger charge is -2.26. The maximum Gasteiger partial charge on any atom is 0.0606 e. The summed E-state index contributed by atoms with van der Waals surface area (Å²) in [6.07, 6.45) is 1.08. The van der Waals surface area contributed by atoms with Gasteiger partial charge in [0.25, 0.3) is 0 Å². The second-order valence-electron chi connectivity index (χ2n) is 4.26. The van der Waals surface area contributed by atoms with Gasteiger partial charge in [0, 0.05) is 29.8 Å². The van der Waals surface area contributed by atoms with Crippen LogP contribution in [0.15, 0.2) is 22.7 Å². The Balaban J connectivity index is 2.96. The maximum absolute atomic E-state index is 9.19. The Hall–Kier alpha value is -0.580. The molecule has 0 fully saturated rings. The van der Waals surface area contributed by atoms with Crippen LogP contribution in [0.1, 0.15) is 25.8 Å². The van der Waals surface area contributed by atoms with Crippen LogP contribution >= 0.6 is 15.9 Å². The van der Waals surface area contributed by atoms with Crippen molar-refractivity contribution in [1.82, 2.24) is 5.32 Å². The van der Waals surface area contributed by atoms with Gasteiger partial charge in [0.1, 0.15) is 0 Å². The van der Waals surface area contributed by atoms with E-state index in [-0.39, 0.29) is 6.61 Å². The van der Waals surface area contributed by atoms with E-state index < -0.39 is 0 Å². The van der Waals surface area contributed by atoms with Crippen molar-refractivity contribution in [3.63, 3.8) is 0 Å². The third-order valence-corrected chi connectivity index (χ3v) is 3.31. The van der Waals surface area contributed by atoms with Gasteiger partial charge >= 0.3 is 0 Å². The molecule has 0 radical (unpaired) electrons. The molecule has 0 bridgehead atoms. The SMILES string of the molecule is CCCN(CCO)c1cc(Br)ccc1CNCC. The molecule has 4 heteroatoms. The second kappa shape index (κ2) is 8.51. The molecule has 2 N–H and O–H groups in total. The first kappa shape index (κ1) is 15.5. The van der Waals surface area contributed by atoms with Crippen LogP contribution in [0, 0.1) is 0 Å². The maximum atomic E-state index is 9.19. The summed E-state index contributed by atoms with van der Waals surface area (Å²) >= 11 is 3.53. The zero-order chi connectivity index (χ0) is 13.4. The molecule has 0 atom stereocenters. The monoisotopic (exact) mass is 314 g/mol. The lowest BCUT2D eigenvalue weighted by atomic mass is 10.1. The summed E-state index contributed by atoms with van der Waals surface area (Å²) in [6, 6.07) is 6.35. The van der Waals surface area contributed by atoms with Gasteiger partial charge in [0.05, 0.1) is 6.61 Å². The van der Waals surface area contributed by atoms with Crippen molar-refractivity contribution in [3.05, 3.63) is 28.2 Å². The van der Waals surface area contributed by atoms with Gasteiger partial charge in [-0.1, -0.05) is 35.8 Å². The van der Waals surface area contributed by atoms with E-state index in [0.717, 1.165) is 30.5 Å². The van der Waals surface area contributed by atoms with E-state index in [4.69, 9.17) is 0 Å². The fourth-order valence-electron chi connectivity index (χ4n) is 1.98. The van der Waals surface area contributed by atoms with Gasteiger partial charge in [-0.2, -0.15) is 0 Å². The molecule has 0 aliphatic heterocycles. The van der Waals surface area contributed by atoms with Crippen LogP contribution in [0.25, 0.3) is 0 Å². The Bertz CT molecular complexity index is 352. The highest BCUT2D eigenvalue weighted by atomic mass is 79.9. The fourth-order valence-corrected chi connectivity index (χ4v) is 2.33. The number of benzene rings is 1. The normalized spacial score (nSPS) is 10.7. The smallest absolute Gasteiger partial charge is 0.0606 e. The Morgan fingerprint density at radius 3 is 2.67 bits per heavy atom. The molecule has 1 rings (SSSR count). The molecule has 102 valence electrons. The Labute approximate surface area is 118 Å². The summed E-state index contributed by atoms with van der Waals surface area (Å²) in [5.41, 5.74) is 2.49. The van der Waals surface area contributed by atoms with Gasteiger partial charge in [0.15, 0.2) is 0 Å². The summed E-state index contributed by atoms with van der Waals surface area (Å²) in [5.74, 6) is 0. The fraction of sp³-hybridized carbons (Fsp3) is 0.571. The van der Waals surface area contributed by atoms with Gasteiger partial charge < -0.3 is 15.3 Å². The van der Waals surface area contributed by atoms with Crippen molar-refractivity contribution >= 4 is 21.6 Å². The predicted molar refractivity (Wildman–Crippen MR) is 81.1 cm³/mol. The molecule has 0 saturated heterocycles. The van der Waals surface area contributed by atoms with Gasteiger partial charge in [-0.3, -0.25) is 0 Å². The largest absolute Gasteiger partial charge is 0.395 e. The van der Waals surface area contributed by atoms with E-state index >= 15 is 0 Å². The molecule has 0 aromatic heterocycles. The molecule has 1 aromatic carbocycles. The molecular weight excluding hydrogens is 292 g/mol. The highest BCUT2D eigenvalue weighted by Crippen LogP contribution is 2.25. The number of hydrogen-bond acceptors (Lipinski definition) is 3. The minimum absolute atomic E-state index is 0.188. The number of aliphatic hydroxyl groups excluding tert-OH is 1. The number of rotatable bonds is 8. The van der Waals surface area contributed by atoms with Crippen LogP contribution in [-0.2, 0) is 6.54 Å². The van der Waals surface area contributed by atoms with E-state index in [1.807, 2.05) is 0 Å². The highest BCUT2D eigenvalue weighted by molar-refractivity contribution is 9.10. The standard InChI is InChI=1S/C14H23BrN2O/c1-3-7-17(8-9-18)14-10-13(15)6-5-12(14)11-16-4-2/h5-6,10,16,18H,3-4,7-9,11H2,1-2H3. The van der Waals surface area contributed by atoms with Gasteiger partial charge in [-0.05, 0) is 30.7 Å². The Morgan fingerprint density at radius 1 is 1.28 bits per heavy atom. The van der Waals surface area contributed by atoms with Crippen molar-refractivity contribution in [2.24, 2.45) is 0 Å². The lowest BCUT2D eigenvalue weighted by molar-refractivity contribution is 0.301. The zero-order valence-corrected chi connectivity index (χ0v) is 12.8. The third-order valence-electron chi connectivity index (χ3n) is 2.82. The van der Waals surface area contributed by atoms with E-state index in [0.29, 0.717) is 6.54 Å². The van der Waals surface area contributed by atoms with Crippen LogP contribution < -0.4 is 10.2 Å². The van der Waals surface area contributed by atoms with Crippen LogP contribution in [0.4, 0.5) is 5.69 Å². The summed E-state index contributed by atoms with van der Waals surface area (Å²) < 4.78 is 1.08. The minimum Gasteiger partial charge on any atom is -0.395 e. The summed E-state index contributed by atoms with van der Waals surface area (Å²) in [6.45, 7) is 7.93. The second-order valence-corrected chi connectivity index (χ2v) is 5.18. The summed E-state index contributed by atoms with van der Waals surface area (Å²) in [5, 5.41) is 12.6. The highest BCUT2D eigenvalue weighted by Gasteiger charge is 2.10. The lowest BCUT2D eigenvalue weighted by Crippen LogP contribution is -2.29. The topological polar surface area (TPSA) is 35.5 Å². The van der Waals surface area contributed by atoms with Gasteiger partial charge in [-0.25, -0.2) is 0 Å². The zero-order valence-electron chi connectivity index (χ0n) is 11.2. The van der Waals surface area contributed by atoms with Crippen molar-refractivity contribution in [2.75, 3.05) is 31.1 Å². The van der Waals surface area contributed by atoms with Crippen molar-refractivity contribution in [3.8, 4) is 0 Å². The van der Waals surface area contributed by atoms with Crippen LogP contribution in [-0.4, -0.2) is 31.3 Å². The number of anilines is 1. The molecule has 0 amide bonds. The van der Waals surface area contributed by atoms with Crippen LogP contribution in [0.5, 0.6) is 0 Å². The first-order chi connectivity index (χ1) is 8.72. The molecule has 3 nitrogen and oxygen atoms in total. The minimum atomic E-state index is 0.188. The van der Waals surface area contributed by atoms with E-state index in [1.165, 1.54) is 11.3 Å². The molecule has 0 aliphatic rings. The summed E-state index contributed by atoms with van der Waals surface area (Å²) in [4.78, 5) is 2.25. The van der Waals surface area contributed by atoms with E-state index in [9.17, 15) is 5.11 Å². The van der Waals surface area contributed by atoms with Crippen LogP contribution in [0.3, 0.4) is 0 Å². The molecule has 0 heterocycles. The number of nitrogens with one attached hydrogen (secondary N) is 1. The van der Waals surface area contributed by atoms with E-state index in [1.54, 1.807) is 0 Å². The van der Waals surface area contributed by atoms with Gasteiger partial charge in [-0.15, -0.1) is 0 Å². The van der Waals surface area contributed by atoms with Crippen molar-refractivity contribution < 1.29 is 5.11 Å². The number of hydrogen-bond donors (Lipinski definition) is 2. The molecule has 1 aromatic rings. The summed E-state index contributed by atoms with van der Waals surface area (Å²) in [7, 11) is 0. The predicted octanol–water partition coefficient (Wildman–Crippen LogP) is 2.77. The average Bonchev–Trinajstić information content (AvgIpc) is 2.37. The van der Waals surface area contributed by atoms with Gasteiger partial charge in [0.2, 0.25) is 0 Å². The molecule has 0 aliphatic carbocycles. The molecular formula is C14H23BrN2O. The number of halogens is 1. The quantitative estimate of drug-likeness (QED) is 0.774. The first-order valence-electron chi connectivity index (χ1n) is 6.57. The molecule has 0 saturated carbocycles. The number of nitrogens with zero attached hydrogens (tertiary/aromatic N) is 1. The number of aliphatic hydroxyl groups is 1.